The van der Waals surface area contributed by atoms with Gasteiger partial charge in [-0.15, -0.1) is 0 Å². The molecule has 3 unspecified atom stereocenters. The largest absolute Gasteiger partial charge is 0.472 e. The third kappa shape index (κ3) is 52.1. The van der Waals surface area contributed by atoms with E-state index in [9.17, 15) is 28.9 Å². The van der Waals surface area contributed by atoms with Gasteiger partial charge in [0.25, 0.3) is 0 Å². The molecule has 0 bridgehead atoms. The van der Waals surface area contributed by atoms with Gasteiger partial charge in [-0.1, -0.05) is 223 Å². The third-order valence-electron chi connectivity index (χ3n) is 12.4. The van der Waals surface area contributed by atoms with Crippen LogP contribution in [0.25, 0.3) is 0 Å². The molecule has 72 heavy (non-hydrogen) atoms. The van der Waals surface area contributed by atoms with Gasteiger partial charge in [0, 0.05) is 19.3 Å². The van der Waals surface area contributed by atoms with Crippen LogP contribution in [0, 0.1) is 0 Å². The number of ether oxygens (including phenoxy) is 3. The Bertz CT molecular complexity index is 1440. The highest BCUT2D eigenvalue weighted by molar-refractivity contribution is 7.47. The molecular weight excluding hydrogens is 928 g/mol. The van der Waals surface area contributed by atoms with E-state index in [2.05, 4.69) is 81.5 Å². The molecule has 0 aliphatic heterocycles. The summed E-state index contributed by atoms with van der Waals surface area (Å²) < 4.78 is 39.4. The molecule has 0 amide bonds. The number of phosphoric ester groups is 1. The lowest BCUT2D eigenvalue weighted by Gasteiger charge is -2.21. The summed E-state index contributed by atoms with van der Waals surface area (Å²) in [6, 6.07) is 0. The molecule has 0 aliphatic rings. The summed E-state index contributed by atoms with van der Waals surface area (Å²) in [4.78, 5) is 48.5. The van der Waals surface area contributed by atoms with Crippen LogP contribution < -0.4 is 0 Å². The molecular formula is C60H107O11P. The highest BCUT2D eigenvalue weighted by atomic mass is 31.2. The van der Waals surface area contributed by atoms with Crippen LogP contribution >= 0.6 is 7.82 Å². The Hall–Kier alpha value is -2.82. The average Bonchev–Trinajstić information content (AvgIpc) is 3.37. The van der Waals surface area contributed by atoms with Gasteiger partial charge < -0.3 is 24.2 Å². The number of esters is 3. The lowest BCUT2D eigenvalue weighted by atomic mass is 10.1. The summed E-state index contributed by atoms with van der Waals surface area (Å²) >= 11 is 0. The van der Waals surface area contributed by atoms with Gasteiger partial charge in [0.05, 0.1) is 19.8 Å². The van der Waals surface area contributed by atoms with Gasteiger partial charge in [-0.05, 0) is 83.5 Å². The van der Waals surface area contributed by atoms with E-state index in [0.717, 1.165) is 89.9 Å². The molecule has 0 heterocycles. The monoisotopic (exact) mass is 1030 g/mol. The number of hydrogen-bond donors (Lipinski definition) is 2. The molecule has 0 aromatic rings. The average molecular weight is 1040 g/mol. The number of carbonyl (C=O) groups excluding carboxylic acids is 3. The molecule has 0 aromatic carbocycles. The van der Waals surface area contributed by atoms with Crippen molar-refractivity contribution in [3.63, 3.8) is 0 Å². The molecule has 0 saturated heterocycles. The Morgan fingerprint density at radius 2 is 0.722 bits per heavy atom. The van der Waals surface area contributed by atoms with Gasteiger partial charge >= 0.3 is 25.7 Å². The number of aliphatic hydroxyl groups excluding tert-OH is 1. The van der Waals surface area contributed by atoms with E-state index in [4.69, 9.17) is 23.3 Å². The van der Waals surface area contributed by atoms with Gasteiger partial charge in [-0.25, -0.2) is 4.57 Å². The minimum Gasteiger partial charge on any atom is -0.462 e. The quantitative estimate of drug-likeness (QED) is 0.0197. The maximum Gasteiger partial charge on any atom is 0.472 e. The van der Waals surface area contributed by atoms with E-state index in [1.165, 1.54) is 116 Å². The molecule has 0 fully saturated rings. The number of hydrogen-bond acceptors (Lipinski definition) is 10. The van der Waals surface area contributed by atoms with E-state index in [1.54, 1.807) is 0 Å². The van der Waals surface area contributed by atoms with Crippen molar-refractivity contribution in [3.05, 3.63) is 60.8 Å². The van der Waals surface area contributed by atoms with Crippen LogP contribution in [0.5, 0.6) is 0 Å². The van der Waals surface area contributed by atoms with Crippen molar-refractivity contribution in [2.45, 2.75) is 277 Å². The fraction of sp³-hybridized carbons (Fsp3) is 0.783. The van der Waals surface area contributed by atoms with Gasteiger partial charge in [0.15, 0.2) is 6.10 Å². The fourth-order valence-corrected chi connectivity index (χ4v) is 8.77. The Kier molecular flexibility index (Phi) is 52.3. The number of rotatable bonds is 54. The minimum absolute atomic E-state index is 0.140. The predicted molar refractivity (Wildman–Crippen MR) is 298 cm³/mol. The number of aliphatic hydroxyl groups is 1. The van der Waals surface area contributed by atoms with Crippen molar-refractivity contribution in [2.75, 3.05) is 26.4 Å². The summed E-state index contributed by atoms with van der Waals surface area (Å²) in [5, 5.41) is 9.77. The molecule has 3 atom stereocenters. The first-order valence-electron chi connectivity index (χ1n) is 29.2. The summed E-state index contributed by atoms with van der Waals surface area (Å²) in [5.41, 5.74) is 0. The van der Waals surface area contributed by atoms with Crippen LogP contribution in [0.3, 0.4) is 0 Å². The Morgan fingerprint density at radius 3 is 1.12 bits per heavy atom. The Balaban J connectivity index is 4.73. The molecule has 12 heteroatoms. The van der Waals surface area contributed by atoms with Crippen molar-refractivity contribution in [2.24, 2.45) is 0 Å². The topological polar surface area (TPSA) is 155 Å². The zero-order valence-electron chi connectivity index (χ0n) is 46.1. The first-order valence-corrected chi connectivity index (χ1v) is 30.7. The van der Waals surface area contributed by atoms with E-state index in [0.29, 0.717) is 19.3 Å². The second-order valence-electron chi connectivity index (χ2n) is 19.4. The highest BCUT2D eigenvalue weighted by Gasteiger charge is 2.28. The summed E-state index contributed by atoms with van der Waals surface area (Å²) in [5.74, 6) is -1.49. The molecule has 0 saturated carbocycles. The molecule has 0 rings (SSSR count). The van der Waals surface area contributed by atoms with E-state index in [1.807, 2.05) is 0 Å². The predicted octanol–water partition coefficient (Wildman–Crippen LogP) is 17.1. The molecule has 11 nitrogen and oxygen atoms in total. The van der Waals surface area contributed by atoms with Crippen LogP contribution in [0.1, 0.15) is 265 Å². The number of carbonyl (C=O) groups is 3. The Morgan fingerprint density at radius 1 is 0.403 bits per heavy atom. The van der Waals surface area contributed by atoms with Crippen LogP contribution in [0.15, 0.2) is 60.8 Å². The fourth-order valence-electron chi connectivity index (χ4n) is 7.99. The van der Waals surface area contributed by atoms with Crippen molar-refractivity contribution >= 4 is 25.7 Å². The van der Waals surface area contributed by atoms with Gasteiger partial charge in [-0.3, -0.25) is 23.4 Å². The summed E-state index contributed by atoms with van der Waals surface area (Å²) in [7, 11) is -4.75. The van der Waals surface area contributed by atoms with Crippen LogP contribution in [0.4, 0.5) is 0 Å². The number of allylic oxidation sites excluding steroid dienone is 10. The lowest BCUT2D eigenvalue weighted by molar-refractivity contribution is -0.161. The van der Waals surface area contributed by atoms with Crippen molar-refractivity contribution in [1.29, 1.82) is 0 Å². The minimum atomic E-state index is -4.75. The zero-order valence-corrected chi connectivity index (χ0v) is 47.0. The lowest BCUT2D eigenvalue weighted by Crippen LogP contribution is -2.30. The van der Waals surface area contributed by atoms with E-state index < -0.39 is 57.8 Å². The molecule has 418 valence electrons. The summed E-state index contributed by atoms with van der Waals surface area (Å²) in [6.07, 6.45) is 59.0. The molecule has 0 spiro atoms. The third-order valence-corrected chi connectivity index (χ3v) is 13.4. The molecule has 0 aliphatic carbocycles. The van der Waals surface area contributed by atoms with Gasteiger partial charge in [0.1, 0.15) is 12.7 Å². The van der Waals surface area contributed by atoms with Crippen LogP contribution in [-0.4, -0.2) is 66.5 Å². The second-order valence-corrected chi connectivity index (χ2v) is 20.9. The zero-order chi connectivity index (χ0) is 52.7. The first-order chi connectivity index (χ1) is 35.2. The molecule has 2 N–H and O–H groups in total. The van der Waals surface area contributed by atoms with Crippen molar-refractivity contribution in [1.82, 2.24) is 0 Å². The standard InChI is InChI=1S/C60H107O11P/c1-4-7-10-13-16-19-21-23-25-27-28-30-31-33-35-38-40-43-46-49-58(62)67-53-57(71-60(64)51-48-45-42-39-36-34-32-29-26-24-22-20-17-14-11-8-5-2)55-69-72(65,66)68-54-56(52-61)70-59(63)50-47-44-41-37-18-15-12-9-6-3/h8,11,17,20,23-26,32,34,56-57,61H,4-7,9-10,12-16,18-19,21-22,27-31,33,35-55H2,1-3H3,(H,65,66)/b11-8-,20-17-,25-23-,26-24-,34-32-. The summed E-state index contributed by atoms with van der Waals surface area (Å²) in [6.45, 7) is 4.49. The number of phosphoric acid groups is 1. The first kappa shape index (κ1) is 69.2. The van der Waals surface area contributed by atoms with Crippen molar-refractivity contribution < 1.29 is 52.2 Å². The molecule has 0 radical (unpaired) electrons. The smallest absolute Gasteiger partial charge is 0.462 e. The second kappa shape index (κ2) is 54.4. The Labute approximate surface area is 440 Å². The highest BCUT2D eigenvalue weighted by Crippen LogP contribution is 2.43. The maximum atomic E-state index is 12.9. The van der Waals surface area contributed by atoms with E-state index in [-0.39, 0.29) is 25.9 Å². The van der Waals surface area contributed by atoms with E-state index >= 15 is 0 Å². The maximum absolute atomic E-state index is 12.9. The van der Waals surface area contributed by atoms with Crippen LogP contribution in [-0.2, 0) is 42.2 Å². The molecule has 0 aromatic heterocycles. The SMILES string of the molecule is CC/C=C\C/C=C\C/C=C\C/C=C\CCCCCCC(=O)OC(COC(=O)CCCCCCCCCCC/C=C\CCCCCCCC)COP(=O)(O)OCC(CO)OC(=O)CCCCCCCCCCC. The number of unbranched alkanes of at least 4 members (excludes halogenated alkanes) is 27. The normalized spacial score (nSPS) is 13.8. The van der Waals surface area contributed by atoms with Gasteiger partial charge in [0.2, 0.25) is 0 Å². The van der Waals surface area contributed by atoms with Crippen molar-refractivity contribution in [3.8, 4) is 0 Å². The van der Waals surface area contributed by atoms with Crippen LogP contribution in [0.2, 0.25) is 0 Å². The van der Waals surface area contributed by atoms with Gasteiger partial charge in [-0.2, -0.15) is 0 Å².